The number of hydrogen-bond donors (Lipinski definition) is 3. The number of nitrogens with zero attached hydrogens (tertiary/aromatic N) is 2. The van der Waals surface area contributed by atoms with Crippen LogP contribution >= 0.6 is 0 Å². The highest BCUT2D eigenvalue weighted by Gasteiger charge is 2.29. The Kier molecular flexibility index (Phi) is 6.91. The van der Waals surface area contributed by atoms with Crippen molar-refractivity contribution in [3.8, 4) is 11.1 Å². The third-order valence-corrected chi connectivity index (χ3v) is 5.80. The van der Waals surface area contributed by atoms with Gasteiger partial charge < -0.3 is 20.5 Å². The first-order chi connectivity index (χ1) is 16.4. The van der Waals surface area contributed by atoms with Crippen LogP contribution in [0.1, 0.15) is 41.5 Å². The van der Waals surface area contributed by atoms with Gasteiger partial charge in [-0.2, -0.15) is 5.10 Å². The molecule has 0 fully saturated rings. The number of nitrogens with one attached hydrogen (secondary N) is 2. The molecule has 0 saturated carbocycles. The lowest BCUT2D eigenvalue weighted by Gasteiger charge is -2.15. The number of aliphatic carboxylic acids is 1. The number of aromatic nitrogens is 2. The zero-order valence-electron chi connectivity index (χ0n) is 18.7. The van der Waals surface area contributed by atoms with E-state index in [9.17, 15) is 19.5 Å². The van der Waals surface area contributed by atoms with Gasteiger partial charge in [0, 0.05) is 37.7 Å². The maximum atomic E-state index is 12.2. The van der Waals surface area contributed by atoms with Gasteiger partial charge in [0.2, 0.25) is 5.91 Å². The number of carboxylic acids is 1. The van der Waals surface area contributed by atoms with Crippen LogP contribution in [0, 0.1) is 0 Å². The third-order valence-electron chi connectivity index (χ3n) is 5.80. The molecule has 2 amide bonds. The topological polar surface area (TPSA) is 123 Å². The van der Waals surface area contributed by atoms with Crippen molar-refractivity contribution in [1.29, 1.82) is 0 Å². The molecule has 3 aromatic rings. The molecule has 9 heteroatoms. The van der Waals surface area contributed by atoms with Gasteiger partial charge in [-0.15, -0.1) is 0 Å². The van der Waals surface area contributed by atoms with Crippen LogP contribution in [-0.4, -0.2) is 46.0 Å². The average Bonchev–Trinajstić information content (AvgIpc) is 3.40. The highest BCUT2D eigenvalue weighted by atomic mass is 16.5. The minimum Gasteiger partial charge on any atom is -0.479 e. The summed E-state index contributed by atoms with van der Waals surface area (Å²) in [5, 5.41) is 18.4. The van der Waals surface area contributed by atoms with Crippen molar-refractivity contribution in [2.24, 2.45) is 7.05 Å². The smallest absolute Gasteiger partial charge is 0.407 e. The zero-order valence-corrected chi connectivity index (χ0v) is 18.7. The second-order valence-electron chi connectivity index (χ2n) is 8.14. The van der Waals surface area contributed by atoms with E-state index in [1.807, 2.05) is 24.3 Å². The second-order valence-corrected chi connectivity index (χ2v) is 8.14. The number of carbonyl (C=O) groups excluding carboxylic acids is 2. The molecule has 34 heavy (non-hydrogen) atoms. The molecule has 0 saturated heterocycles. The van der Waals surface area contributed by atoms with Crippen molar-refractivity contribution in [3.63, 3.8) is 0 Å². The number of benzene rings is 2. The number of hydrogen-bond acceptors (Lipinski definition) is 5. The fraction of sp³-hybridized carbons (Fsp3) is 0.280. The molecular formula is C25H26N4O5. The Morgan fingerprint density at radius 3 is 2.32 bits per heavy atom. The first-order valence-electron chi connectivity index (χ1n) is 11.0. The van der Waals surface area contributed by atoms with Gasteiger partial charge in [0.05, 0.1) is 6.20 Å². The summed E-state index contributed by atoms with van der Waals surface area (Å²) in [6, 6.07) is 15.0. The largest absolute Gasteiger partial charge is 0.479 e. The number of carbonyl (C=O) groups is 3. The molecule has 176 valence electrons. The van der Waals surface area contributed by atoms with Gasteiger partial charge in [-0.05, 0) is 28.7 Å². The number of amides is 2. The minimum atomic E-state index is -1.17. The summed E-state index contributed by atoms with van der Waals surface area (Å²) in [6.07, 6.45) is 2.79. The lowest BCUT2D eigenvalue weighted by atomic mass is 9.98. The SMILES string of the molecule is Cn1cc(C(NC(=O)CCCNC(=O)OCC2c3ccccc3-c3ccccc32)C(=O)O)cn1. The van der Waals surface area contributed by atoms with Crippen molar-refractivity contribution in [2.45, 2.75) is 24.8 Å². The summed E-state index contributed by atoms with van der Waals surface area (Å²) < 4.78 is 6.93. The Hall–Kier alpha value is -4.14. The Bertz CT molecular complexity index is 1160. The van der Waals surface area contributed by atoms with Crippen molar-refractivity contribution < 1.29 is 24.2 Å². The maximum absolute atomic E-state index is 12.2. The fourth-order valence-corrected chi connectivity index (χ4v) is 4.20. The van der Waals surface area contributed by atoms with E-state index in [2.05, 4.69) is 40.0 Å². The van der Waals surface area contributed by atoms with E-state index in [1.165, 1.54) is 17.1 Å². The summed E-state index contributed by atoms with van der Waals surface area (Å²) in [7, 11) is 1.67. The predicted octanol–water partition coefficient (Wildman–Crippen LogP) is 2.98. The van der Waals surface area contributed by atoms with Crippen LogP contribution in [0.15, 0.2) is 60.9 Å². The van der Waals surface area contributed by atoms with Crippen molar-refractivity contribution in [1.82, 2.24) is 20.4 Å². The monoisotopic (exact) mass is 462 g/mol. The minimum absolute atomic E-state index is 0.0237. The molecule has 3 N–H and O–H groups in total. The molecular weight excluding hydrogens is 436 g/mol. The molecule has 1 aliphatic rings. The molecule has 9 nitrogen and oxygen atoms in total. The fourth-order valence-electron chi connectivity index (χ4n) is 4.20. The van der Waals surface area contributed by atoms with Crippen LogP contribution in [-0.2, 0) is 21.4 Å². The number of alkyl carbamates (subject to hydrolysis) is 1. The summed E-state index contributed by atoms with van der Waals surface area (Å²) >= 11 is 0. The van der Waals surface area contributed by atoms with Crippen molar-refractivity contribution in [2.75, 3.05) is 13.2 Å². The van der Waals surface area contributed by atoms with Crippen LogP contribution < -0.4 is 10.6 Å². The van der Waals surface area contributed by atoms with Gasteiger partial charge in [-0.1, -0.05) is 48.5 Å². The second kappa shape index (κ2) is 10.2. The van der Waals surface area contributed by atoms with E-state index >= 15 is 0 Å². The van der Waals surface area contributed by atoms with Crippen LogP contribution in [0.5, 0.6) is 0 Å². The molecule has 2 aromatic carbocycles. The normalized spacial score (nSPS) is 13.0. The summed E-state index contributed by atoms with van der Waals surface area (Å²) in [4.78, 5) is 35.8. The molecule has 1 aliphatic carbocycles. The Morgan fingerprint density at radius 2 is 1.74 bits per heavy atom. The maximum Gasteiger partial charge on any atom is 0.407 e. The number of aryl methyl sites for hydroxylation is 1. The van der Waals surface area contributed by atoms with Crippen LogP contribution in [0.3, 0.4) is 0 Å². The molecule has 4 rings (SSSR count). The van der Waals surface area contributed by atoms with E-state index in [-0.39, 0.29) is 25.5 Å². The Labute approximate surface area is 196 Å². The number of carboxylic acid groups (broad SMARTS) is 1. The lowest BCUT2D eigenvalue weighted by molar-refractivity contribution is -0.142. The average molecular weight is 463 g/mol. The van der Waals surface area contributed by atoms with Crippen molar-refractivity contribution >= 4 is 18.0 Å². The van der Waals surface area contributed by atoms with E-state index in [1.54, 1.807) is 7.05 Å². The van der Waals surface area contributed by atoms with E-state index in [0.717, 1.165) is 22.3 Å². The zero-order chi connectivity index (χ0) is 24.1. The number of rotatable bonds is 9. The Morgan fingerprint density at radius 1 is 1.09 bits per heavy atom. The lowest BCUT2D eigenvalue weighted by Crippen LogP contribution is -2.34. The van der Waals surface area contributed by atoms with Crippen molar-refractivity contribution in [3.05, 3.63) is 77.6 Å². The molecule has 0 spiro atoms. The first-order valence-corrected chi connectivity index (χ1v) is 11.0. The van der Waals surface area contributed by atoms with Crippen LogP contribution in [0.25, 0.3) is 11.1 Å². The van der Waals surface area contributed by atoms with E-state index in [0.29, 0.717) is 12.0 Å². The van der Waals surface area contributed by atoms with Crippen LogP contribution in [0.2, 0.25) is 0 Å². The van der Waals surface area contributed by atoms with E-state index < -0.39 is 24.0 Å². The molecule has 1 atom stereocenters. The molecule has 1 aromatic heterocycles. The highest BCUT2D eigenvalue weighted by Crippen LogP contribution is 2.44. The Balaban J connectivity index is 1.22. The third kappa shape index (κ3) is 5.09. The summed E-state index contributed by atoms with van der Waals surface area (Å²) in [5.74, 6) is -1.62. The molecule has 0 radical (unpaired) electrons. The van der Waals surface area contributed by atoms with Crippen LogP contribution in [0.4, 0.5) is 4.79 Å². The molecule has 1 heterocycles. The number of ether oxygens (including phenoxy) is 1. The summed E-state index contributed by atoms with van der Waals surface area (Å²) in [6.45, 7) is 0.445. The first kappa shape index (κ1) is 23.0. The van der Waals surface area contributed by atoms with Gasteiger partial charge in [0.1, 0.15) is 6.61 Å². The standard InChI is InChI=1S/C25H26N4O5/c1-29-14-16(13-27-29)23(24(31)32)28-22(30)11-6-12-26-25(33)34-15-21-19-9-4-2-7-17(19)18-8-3-5-10-20(18)21/h2-5,7-10,13-14,21,23H,6,11-12,15H2,1H3,(H,26,33)(H,28,30)(H,31,32). The van der Waals surface area contributed by atoms with Gasteiger partial charge >= 0.3 is 12.1 Å². The van der Waals surface area contributed by atoms with Gasteiger partial charge in [0.25, 0.3) is 0 Å². The molecule has 1 unspecified atom stereocenters. The molecule has 0 aliphatic heterocycles. The van der Waals surface area contributed by atoms with Gasteiger partial charge in [-0.3, -0.25) is 9.48 Å². The molecule has 0 bridgehead atoms. The van der Waals surface area contributed by atoms with E-state index in [4.69, 9.17) is 4.74 Å². The quantitative estimate of drug-likeness (QED) is 0.420. The predicted molar refractivity (Wildman–Crippen MR) is 124 cm³/mol. The van der Waals surface area contributed by atoms with Gasteiger partial charge in [-0.25, -0.2) is 9.59 Å². The number of fused-ring (bicyclic) bond motifs is 3. The summed E-state index contributed by atoms with van der Waals surface area (Å²) in [5.41, 5.74) is 4.97. The highest BCUT2D eigenvalue weighted by molar-refractivity contribution is 5.84. The van der Waals surface area contributed by atoms with Gasteiger partial charge in [0.15, 0.2) is 6.04 Å².